The second kappa shape index (κ2) is 8.85. The van der Waals surface area contributed by atoms with E-state index in [1.807, 2.05) is 13.0 Å². The number of amides is 1. The maximum atomic E-state index is 11.9. The van der Waals surface area contributed by atoms with E-state index in [1.54, 1.807) is 4.90 Å². The van der Waals surface area contributed by atoms with Gasteiger partial charge >= 0.3 is 12.1 Å². The molecule has 1 rings (SSSR count). The summed E-state index contributed by atoms with van der Waals surface area (Å²) in [6.45, 7) is 14.5. The molecule has 0 bridgehead atoms. The Morgan fingerprint density at radius 1 is 1.40 bits per heavy atom. The van der Waals surface area contributed by atoms with Gasteiger partial charge in [-0.3, -0.25) is 9.69 Å². The molecule has 0 N–H and O–H groups in total. The Morgan fingerprint density at radius 2 is 2.04 bits per heavy atom. The van der Waals surface area contributed by atoms with E-state index in [4.69, 9.17) is 9.16 Å². The van der Waals surface area contributed by atoms with Crippen LogP contribution in [0.25, 0.3) is 0 Å². The molecule has 1 heterocycles. The molecule has 144 valence electrons. The number of esters is 1. The van der Waals surface area contributed by atoms with Crippen LogP contribution in [0.1, 0.15) is 40.5 Å². The summed E-state index contributed by atoms with van der Waals surface area (Å²) in [7, 11) is -0.416. The Kier molecular flexibility index (Phi) is 7.68. The number of carbonyl (C=O) groups is 2. The number of nitrogens with zero attached hydrogens (tertiary/aromatic N) is 1. The van der Waals surface area contributed by atoms with Gasteiger partial charge in [0.15, 0.2) is 8.32 Å². The van der Waals surface area contributed by atoms with Crippen LogP contribution in [0.5, 0.6) is 0 Å². The van der Waals surface area contributed by atoms with Crippen molar-refractivity contribution in [3.05, 3.63) is 11.6 Å². The Labute approximate surface area is 152 Å². The molecular weight excluding hydrogens is 338 g/mol. The third-order valence-electron chi connectivity index (χ3n) is 5.09. The van der Waals surface area contributed by atoms with Gasteiger partial charge in [0.2, 0.25) is 0 Å². The summed E-state index contributed by atoms with van der Waals surface area (Å²) >= 11 is 0. The summed E-state index contributed by atoms with van der Waals surface area (Å²) in [5.41, 5.74) is 1.09. The van der Waals surface area contributed by atoms with Gasteiger partial charge in [-0.15, -0.1) is 0 Å². The molecule has 1 aliphatic heterocycles. The Bertz CT molecular complexity index is 510. The lowest BCUT2D eigenvalue weighted by molar-refractivity contribution is -0.140. The van der Waals surface area contributed by atoms with Crippen LogP contribution in [-0.2, 0) is 18.7 Å². The fourth-order valence-electron chi connectivity index (χ4n) is 2.16. The molecule has 25 heavy (non-hydrogen) atoms. The van der Waals surface area contributed by atoms with Crippen LogP contribution < -0.4 is 0 Å². The van der Waals surface area contributed by atoms with Crippen LogP contribution >= 0.6 is 0 Å². The molecule has 7 heteroatoms. The van der Waals surface area contributed by atoms with Gasteiger partial charge < -0.3 is 13.9 Å². The summed E-state index contributed by atoms with van der Waals surface area (Å²) in [4.78, 5) is 24.9. The number of hydrogen-bond acceptors (Lipinski definition) is 5. The van der Waals surface area contributed by atoms with Crippen molar-refractivity contribution in [3.8, 4) is 0 Å². The predicted molar refractivity (Wildman–Crippen MR) is 100.0 cm³/mol. The van der Waals surface area contributed by atoms with E-state index >= 15 is 0 Å². The molecule has 6 nitrogen and oxygen atoms in total. The summed E-state index contributed by atoms with van der Waals surface area (Å²) in [6, 6.07) is -0.0861. The van der Waals surface area contributed by atoms with Crippen LogP contribution in [-0.4, -0.2) is 58.2 Å². The van der Waals surface area contributed by atoms with E-state index < -0.39 is 8.32 Å². The number of carbonyl (C=O) groups excluding carboxylic acids is 2. The van der Waals surface area contributed by atoms with Crippen LogP contribution in [0.2, 0.25) is 18.1 Å². The molecule has 0 aliphatic carbocycles. The quantitative estimate of drug-likeness (QED) is 0.369. The van der Waals surface area contributed by atoms with Crippen molar-refractivity contribution in [1.29, 1.82) is 0 Å². The standard InChI is InChI=1S/C18H33NO5Si/c1-14(12-24-25(6,7)18(2,3)4)10-11-19-15(13-23-17(19)21)8-9-16(20)22-5/h10,15H,8-9,11-13H2,1-7H3/b14-10+/t15-/m0/s1. The Hall–Kier alpha value is -1.34. The first-order chi connectivity index (χ1) is 11.5. The topological polar surface area (TPSA) is 65.1 Å². The molecule has 0 saturated carbocycles. The zero-order valence-corrected chi connectivity index (χ0v) is 17.7. The fourth-order valence-corrected chi connectivity index (χ4v) is 3.18. The fraction of sp³-hybridized carbons (Fsp3) is 0.778. The summed E-state index contributed by atoms with van der Waals surface area (Å²) < 4.78 is 16.0. The molecule has 0 aromatic carbocycles. The summed E-state index contributed by atoms with van der Waals surface area (Å²) in [6.07, 6.45) is 2.51. The molecule has 0 spiro atoms. The monoisotopic (exact) mass is 371 g/mol. The van der Waals surface area contributed by atoms with Gasteiger partial charge in [0.1, 0.15) is 6.61 Å². The third kappa shape index (κ3) is 6.47. The molecule has 1 fully saturated rings. The van der Waals surface area contributed by atoms with Gasteiger partial charge in [-0.05, 0) is 31.5 Å². The van der Waals surface area contributed by atoms with Gasteiger partial charge in [-0.2, -0.15) is 0 Å². The second-order valence-corrected chi connectivity index (χ2v) is 12.9. The van der Waals surface area contributed by atoms with Crippen LogP contribution in [0.4, 0.5) is 4.79 Å². The van der Waals surface area contributed by atoms with Crippen molar-refractivity contribution in [3.63, 3.8) is 0 Å². The number of rotatable bonds is 8. The first kappa shape index (κ1) is 21.7. The van der Waals surface area contributed by atoms with Crippen molar-refractivity contribution in [2.24, 2.45) is 0 Å². The van der Waals surface area contributed by atoms with Gasteiger partial charge in [0.05, 0.1) is 19.8 Å². The predicted octanol–water partition coefficient (Wildman–Crippen LogP) is 3.73. The highest BCUT2D eigenvalue weighted by Crippen LogP contribution is 2.36. The minimum absolute atomic E-state index is 0.0861. The van der Waals surface area contributed by atoms with Crippen LogP contribution in [0, 0.1) is 0 Å². The zero-order chi connectivity index (χ0) is 19.3. The van der Waals surface area contributed by atoms with Gasteiger partial charge in [0.25, 0.3) is 0 Å². The van der Waals surface area contributed by atoms with Crippen LogP contribution in [0.15, 0.2) is 11.6 Å². The van der Waals surface area contributed by atoms with Crippen molar-refractivity contribution in [2.75, 3.05) is 26.9 Å². The average Bonchev–Trinajstić information content (AvgIpc) is 2.87. The molecule has 0 aromatic heterocycles. The van der Waals surface area contributed by atoms with Gasteiger partial charge in [-0.1, -0.05) is 32.4 Å². The maximum absolute atomic E-state index is 11.9. The first-order valence-electron chi connectivity index (χ1n) is 8.77. The first-order valence-corrected chi connectivity index (χ1v) is 11.7. The van der Waals surface area contributed by atoms with E-state index in [2.05, 4.69) is 38.6 Å². The Morgan fingerprint density at radius 3 is 2.60 bits per heavy atom. The molecule has 0 aromatic rings. The average molecular weight is 372 g/mol. The van der Waals surface area contributed by atoms with Crippen molar-refractivity contribution < 1.29 is 23.5 Å². The van der Waals surface area contributed by atoms with Crippen molar-refractivity contribution >= 4 is 20.4 Å². The molecule has 1 amide bonds. The Balaban J connectivity index is 2.56. The van der Waals surface area contributed by atoms with E-state index in [9.17, 15) is 9.59 Å². The van der Waals surface area contributed by atoms with Crippen molar-refractivity contribution in [2.45, 2.75) is 64.7 Å². The van der Waals surface area contributed by atoms with E-state index in [0.29, 0.717) is 26.2 Å². The minimum Gasteiger partial charge on any atom is -0.469 e. The maximum Gasteiger partial charge on any atom is 0.410 e. The number of hydrogen-bond donors (Lipinski definition) is 0. The number of cyclic esters (lactones) is 1. The number of ether oxygens (including phenoxy) is 2. The molecule has 1 aliphatic rings. The second-order valence-electron chi connectivity index (χ2n) is 8.10. The van der Waals surface area contributed by atoms with Crippen molar-refractivity contribution in [1.82, 2.24) is 4.90 Å². The molecule has 0 radical (unpaired) electrons. The highest BCUT2D eigenvalue weighted by Gasteiger charge is 2.37. The highest BCUT2D eigenvalue weighted by molar-refractivity contribution is 6.74. The third-order valence-corrected chi connectivity index (χ3v) is 9.57. The number of methoxy groups -OCH3 is 1. The lowest BCUT2D eigenvalue weighted by atomic mass is 10.1. The van der Waals surface area contributed by atoms with E-state index in [1.165, 1.54) is 7.11 Å². The highest BCUT2D eigenvalue weighted by atomic mass is 28.4. The lowest BCUT2D eigenvalue weighted by Crippen LogP contribution is -2.41. The SMILES string of the molecule is COC(=O)CC[C@H]1COC(=O)N1C/C=C(\C)CO[Si](C)(C)C(C)(C)C. The summed E-state index contributed by atoms with van der Waals surface area (Å²) in [5, 5.41) is 0.172. The lowest BCUT2D eigenvalue weighted by Gasteiger charge is -2.36. The molecular formula is C18H33NO5Si. The molecule has 1 saturated heterocycles. The minimum atomic E-state index is -1.78. The summed E-state index contributed by atoms with van der Waals surface area (Å²) in [5.74, 6) is -0.270. The molecule has 0 unspecified atom stereocenters. The molecule has 1 atom stereocenters. The smallest absolute Gasteiger partial charge is 0.410 e. The van der Waals surface area contributed by atoms with Crippen LogP contribution in [0.3, 0.4) is 0 Å². The van der Waals surface area contributed by atoms with E-state index in [0.717, 1.165) is 5.57 Å². The zero-order valence-electron chi connectivity index (χ0n) is 16.7. The largest absolute Gasteiger partial charge is 0.469 e. The van der Waals surface area contributed by atoms with E-state index in [-0.39, 0.29) is 29.6 Å². The van der Waals surface area contributed by atoms with Gasteiger partial charge in [0, 0.05) is 13.0 Å². The normalized spacial score (nSPS) is 19.2. The van der Waals surface area contributed by atoms with Gasteiger partial charge in [-0.25, -0.2) is 4.79 Å².